The highest BCUT2D eigenvalue weighted by Gasteiger charge is 2.17. The van der Waals surface area contributed by atoms with E-state index in [-0.39, 0.29) is 5.56 Å². The van der Waals surface area contributed by atoms with E-state index in [0.717, 1.165) is 42.8 Å². The fraction of sp³-hybridized carbons (Fsp3) is 0.300. The van der Waals surface area contributed by atoms with Crippen molar-refractivity contribution in [2.45, 2.75) is 6.54 Å². The quantitative estimate of drug-likeness (QED) is 0.733. The Hall–Kier alpha value is -2.84. The van der Waals surface area contributed by atoms with Crippen molar-refractivity contribution in [2.75, 3.05) is 38.2 Å². The molecule has 0 saturated carbocycles. The number of amides is 1. The number of benzene rings is 2. The zero-order chi connectivity index (χ0) is 19.5. The van der Waals surface area contributed by atoms with Crippen LogP contribution in [-0.2, 0) is 11.3 Å². The maximum atomic E-state index is 13.5. The van der Waals surface area contributed by atoms with E-state index >= 15 is 0 Å². The molecule has 4 rings (SSSR count). The molecule has 2 heterocycles. The van der Waals surface area contributed by atoms with E-state index in [1.807, 2.05) is 28.8 Å². The first-order valence-corrected chi connectivity index (χ1v) is 9.13. The summed E-state index contributed by atoms with van der Waals surface area (Å²) in [6.07, 6.45) is 0. The minimum atomic E-state index is -1.06. The summed E-state index contributed by atoms with van der Waals surface area (Å²) in [7, 11) is 0. The summed E-state index contributed by atoms with van der Waals surface area (Å²) < 4.78 is 33.9. The highest BCUT2D eigenvalue weighted by molar-refractivity contribution is 6.04. The second-order valence-corrected chi connectivity index (χ2v) is 6.61. The van der Waals surface area contributed by atoms with E-state index in [0.29, 0.717) is 25.7 Å². The molecule has 1 N–H and O–H groups in total. The number of halogens is 2. The second kappa shape index (κ2) is 8.04. The molecule has 28 heavy (non-hydrogen) atoms. The fourth-order valence-corrected chi connectivity index (χ4v) is 3.27. The summed E-state index contributed by atoms with van der Waals surface area (Å²) in [5, 5.41) is 2.73. The lowest BCUT2D eigenvalue weighted by Crippen LogP contribution is -2.38. The van der Waals surface area contributed by atoms with Gasteiger partial charge in [0.15, 0.2) is 11.6 Å². The number of rotatable bonds is 5. The normalized spacial score (nSPS) is 15.1. The first-order valence-electron chi connectivity index (χ1n) is 9.13. The first-order chi connectivity index (χ1) is 13.6. The standard InChI is InChI=1S/C20H20F2N4O2/c21-15-6-5-14(13-16(15)22)19(27)24-20-23-17-3-1-2-4-18(17)26(20)8-7-25-9-11-28-12-10-25/h1-6,13H,7-12H2,(H,23,24,27). The van der Waals surface area contributed by atoms with Gasteiger partial charge in [0, 0.05) is 31.7 Å². The molecule has 1 aliphatic rings. The van der Waals surface area contributed by atoms with Crippen LogP contribution >= 0.6 is 0 Å². The monoisotopic (exact) mass is 386 g/mol. The third-order valence-corrected chi connectivity index (χ3v) is 4.81. The lowest BCUT2D eigenvalue weighted by atomic mass is 10.2. The van der Waals surface area contributed by atoms with Gasteiger partial charge in [0.05, 0.1) is 24.2 Å². The van der Waals surface area contributed by atoms with Gasteiger partial charge in [-0.15, -0.1) is 0 Å². The summed E-state index contributed by atoms with van der Waals surface area (Å²) in [6, 6.07) is 10.7. The number of imidazole rings is 1. The van der Waals surface area contributed by atoms with Crippen LogP contribution in [0.2, 0.25) is 0 Å². The molecular weight excluding hydrogens is 366 g/mol. The predicted octanol–water partition coefficient (Wildman–Crippen LogP) is 2.90. The molecule has 1 saturated heterocycles. The summed E-state index contributed by atoms with van der Waals surface area (Å²) >= 11 is 0. The fourth-order valence-electron chi connectivity index (χ4n) is 3.27. The molecule has 146 valence electrons. The zero-order valence-electron chi connectivity index (χ0n) is 15.2. The van der Waals surface area contributed by atoms with Gasteiger partial charge in [0.1, 0.15) is 0 Å². The van der Waals surface area contributed by atoms with Crippen molar-refractivity contribution in [3.8, 4) is 0 Å². The molecule has 0 spiro atoms. The number of ether oxygens (including phenoxy) is 1. The van der Waals surface area contributed by atoms with Gasteiger partial charge in [0.2, 0.25) is 5.95 Å². The molecule has 0 aliphatic carbocycles. The molecule has 0 atom stereocenters. The van der Waals surface area contributed by atoms with Gasteiger partial charge in [-0.25, -0.2) is 13.8 Å². The van der Waals surface area contributed by atoms with Gasteiger partial charge in [0.25, 0.3) is 5.91 Å². The first kappa shape index (κ1) is 18.5. The largest absolute Gasteiger partial charge is 0.379 e. The number of morpholine rings is 1. The van der Waals surface area contributed by atoms with Crippen LogP contribution in [0.5, 0.6) is 0 Å². The van der Waals surface area contributed by atoms with Crippen LogP contribution in [0.25, 0.3) is 11.0 Å². The average molecular weight is 386 g/mol. The molecular formula is C20H20F2N4O2. The van der Waals surface area contributed by atoms with Crippen LogP contribution in [0, 0.1) is 11.6 Å². The number of anilines is 1. The average Bonchev–Trinajstić information content (AvgIpc) is 3.06. The molecule has 0 unspecified atom stereocenters. The summed E-state index contributed by atoms with van der Waals surface area (Å²) in [6.45, 7) is 4.58. The van der Waals surface area contributed by atoms with E-state index in [4.69, 9.17) is 4.74 Å². The summed E-state index contributed by atoms with van der Waals surface area (Å²) in [5.41, 5.74) is 1.69. The summed E-state index contributed by atoms with van der Waals surface area (Å²) in [5.74, 6) is -2.21. The SMILES string of the molecule is O=C(Nc1nc2ccccc2n1CCN1CCOCC1)c1ccc(F)c(F)c1. The number of fused-ring (bicyclic) bond motifs is 1. The van der Waals surface area contributed by atoms with Crippen molar-refractivity contribution < 1.29 is 18.3 Å². The van der Waals surface area contributed by atoms with Gasteiger partial charge in [-0.05, 0) is 30.3 Å². The topological polar surface area (TPSA) is 59.4 Å². The molecule has 6 nitrogen and oxygen atoms in total. The second-order valence-electron chi connectivity index (χ2n) is 6.61. The minimum absolute atomic E-state index is 0.0330. The number of para-hydroxylation sites is 2. The van der Waals surface area contributed by atoms with Crippen LogP contribution in [-0.4, -0.2) is 53.2 Å². The Morgan fingerprint density at radius 2 is 1.86 bits per heavy atom. The van der Waals surface area contributed by atoms with Gasteiger partial charge < -0.3 is 9.30 Å². The Labute approximate surface area is 160 Å². The van der Waals surface area contributed by atoms with Gasteiger partial charge in [-0.1, -0.05) is 12.1 Å². The molecule has 1 aromatic heterocycles. The molecule has 3 aromatic rings. The number of carbonyl (C=O) groups is 1. The smallest absolute Gasteiger partial charge is 0.258 e. The zero-order valence-corrected chi connectivity index (χ0v) is 15.2. The molecule has 1 amide bonds. The lowest BCUT2D eigenvalue weighted by molar-refractivity contribution is 0.0366. The van der Waals surface area contributed by atoms with Crippen LogP contribution in [0.4, 0.5) is 14.7 Å². The maximum absolute atomic E-state index is 13.5. The maximum Gasteiger partial charge on any atom is 0.258 e. The Bertz CT molecular complexity index is 999. The van der Waals surface area contributed by atoms with E-state index in [1.165, 1.54) is 6.07 Å². The number of nitrogens with one attached hydrogen (secondary N) is 1. The van der Waals surface area contributed by atoms with Crippen molar-refractivity contribution in [3.05, 3.63) is 59.7 Å². The van der Waals surface area contributed by atoms with Crippen molar-refractivity contribution >= 4 is 22.9 Å². The lowest BCUT2D eigenvalue weighted by Gasteiger charge is -2.26. The molecule has 0 bridgehead atoms. The van der Waals surface area contributed by atoms with Gasteiger partial charge >= 0.3 is 0 Å². The molecule has 1 aliphatic heterocycles. The van der Waals surface area contributed by atoms with E-state index in [2.05, 4.69) is 15.2 Å². The van der Waals surface area contributed by atoms with Crippen molar-refractivity contribution in [2.24, 2.45) is 0 Å². The Balaban J connectivity index is 1.58. The van der Waals surface area contributed by atoms with Crippen molar-refractivity contribution in [1.82, 2.24) is 14.5 Å². The molecule has 0 radical (unpaired) electrons. The van der Waals surface area contributed by atoms with E-state index < -0.39 is 17.5 Å². The molecule has 1 fully saturated rings. The van der Waals surface area contributed by atoms with E-state index in [1.54, 1.807) is 0 Å². The third kappa shape index (κ3) is 3.88. The van der Waals surface area contributed by atoms with Gasteiger partial charge in [-0.3, -0.25) is 15.0 Å². The predicted molar refractivity (Wildman–Crippen MR) is 101 cm³/mol. The van der Waals surface area contributed by atoms with Crippen LogP contribution in [0.3, 0.4) is 0 Å². The van der Waals surface area contributed by atoms with Crippen LogP contribution < -0.4 is 5.32 Å². The van der Waals surface area contributed by atoms with E-state index in [9.17, 15) is 13.6 Å². The number of aromatic nitrogens is 2. The Kier molecular flexibility index (Phi) is 5.31. The number of carbonyl (C=O) groups excluding carboxylic acids is 1. The minimum Gasteiger partial charge on any atom is -0.379 e. The highest BCUT2D eigenvalue weighted by atomic mass is 19.2. The Morgan fingerprint density at radius 3 is 2.64 bits per heavy atom. The molecule has 8 heteroatoms. The number of nitrogens with zero attached hydrogens (tertiary/aromatic N) is 3. The van der Waals surface area contributed by atoms with Crippen LogP contribution in [0.15, 0.2) is 42.5 Å². The van der Waals surface area contributed by atoms with Gasteiger partial charge in [-0.2, -0.15) is 0 Å². The number of hydrogen-bond donors (Lipinski definition) is 1. The Morgan fingerprint density at radius 1 is 1.07 bits per heavy atom. The highest BCUT2D eigenvalue weighted by Crippen LogP contribution is 2.21. The van der Waals surface area contributed by atoms with Crippen molar-refractivity contribution in [3.63, 3.8) is 0 Å². The van der Waals surface area contributed by atoms with Crippen molar-refractivity contribution in [1.29, 1.82) is 0 Å². The molecule has 2 aromatic carbocycles. The number of hydrogen-bond acceptors (Lipinski definition) is 4. The van der Waals surface area contributed by atoms with Crippen LogP contribution in [0.1, 0.15) is 10.4 Å². The summed E-state index contributed by atoms with van der Waals surface area (Å²) in [4.78, 5) is 19.3. The third-order valence-electron chi connectivity index (χ3n) is 4.81.